The molecule has 1 N–H and O–H groups in total. The minimum Gasteiger partial charge on any atom is -0.343 e. The van der Waals surface area contributed by atoms with Crippen molar-refractivity contribution in [3.8, 4) is 0 Å². The van der Waals surface area contributed by atoms with Crippen molar-refractivity contribution in [1.29, 1.82) is 0 Å². The Balaban J connectivity index is 2.01. The molecule has 0 aliphatic carbocycles. The number of carbonyl (C=O) groups excluding carboxylic acids is 1. The maximum absolute atomic E-state index is 13.5. The van der Waals surface area contributed by atoms with Crippen LogP contribution in [0.3, 0.4) is 0 Å². The van der Waals surface area contributed by atoms with Gasteiger partial charge in [0.1, 0.15) is 11.9 Å². The lowest BCUT2D eigenvalue weighted by atomic mass is 9.94. The normalized spacial score (nSPS) is 13.2. The van der Waals surface area contributed by atoms with Crippen LogP contribution in [-0.2, 0) is 14.8 Å². The number of halogens is 1. The molecule has 0 aliphatic rings. The molecule has 3 aromatic carbocycles. The molecular weight excluding hydrogens is 427 g/mol. The average Bonchev–Trinajstić information content (AvgIpc) is 2.77. The van der Waals surface area contributed by atoms with Gasteiger partial charge in [-0.3, -0.25) is 9.10 Å². The van der Waals surface area contributed by atoms with Gasteiger partial charge in [-0.15, -0.1) is 0 Å². The van der Waals surface area contributed by atoms with Gasteiger partial charge < -0.3 is 5.32 Å². The summed E-state index contributed by atoms with van der Waals surface area (Å²) in [6.45, 7) is 3.72. The minimum absolute atomic E-state index is 0.239. The zero-order valence-corrected chi connectivity index (χ0v) is 19.1. The molecule has 0 aliphatic heterocycles. The van der Waals surface area contributed by atoms with Gasteiger partial charge in [-0.2, -0.15) is 0 Å². The quantitative estimate of drug-likeness (QED) is 0.542. The van der Waals surface area contributed by atoms with Crippen LogP contribution in [0.15, 0.2) is 78.9 Å². The van der Waals surface area contributed by atoms with Gasteiger partial charge >= 0.3 is 0 Å². The summed E-state index contributed by atoms with van der Waals surface area (Å²) in [6, 6.07) is 20.9. The molecule has 0 unspecified atom stereocenters. The van der Waals surface area contributed by atoms with Crippen LogP contribution in [0.2, 0.25) is 0 Å². The van der Waals surface area contributed by atoms with E-state index in [9.17, 15) is 17.6 Å². The van der Waals surface area contributed by atoms with Crippen LogP contribution in [0.5, 0.6) is 0 Å². The van der Waals surface area contributed by atoms with E-state index in [1.54, 1.807) is 6.92 Å². The Morgan fingerprint density at radius 2 is 1.56 bits per heavy atom. The number of aryl methyl sites for hydroxylation is 1. The molecule has 32 heavy (non-hydrogen) atoms. The second-order valence-corrected chi connectivity index (χ2v) is 9.53. The van der Waals surface area contributed by atoms with Gasteiger partial charge in [0.25, 0.3) is 0 Å². The summed E-state index contributed by atoms with van der Waals surface area (Å²) in [7, 11) is -3.81. The maximum atomic E-state index is 13.5. The Labute approximate surface area is 188 Å². The van der Waals surface area contributed by atoms with Crippen molar-refractivity contribution >= 4 is 21.6 Å². The predicted octanol–water partition coefficient (Wildman–Crippen LogP) is 4.58. The summed E-state index contributed by atoms with van der Waals surface area (Å²) < 4.78 is 39.8. The van der Waals surface area contributed by atoms with E-state index >= 15 is 0 Å². The SMILES string of the molecule is CC[C@H](C(=O)N[C@@H](c1ccccc1)c1ccccc1C)N(c1ccc(F)cc1)S(C)(=O)=O. The number of rotatable bonds is 8. The fraction of sp³-hybridized carbons (Fsp3) is 0.240. The minimum atomic E-state index is -3.81. The van der Waals surface area contributed by atoms with Crippen LogP contribution in [0.4, 0.5) is 10.1 Å². The highest BCUT2D eigenvalue weighted by molar-refractivity contribution is 7.92. The summed E-state index contributed by atoms with van der Waals surface area (Å²) in [6.07, 6.45) is 1.29. The van der Waals surface area contributed by atoms with E-state index in [0.717, 1.165) is 27.3 Å². The first-order valence-corrected chi connectivity index (χ1v) is 12.2. The Morgan fingerprint density at radius 1 is 0.969 bits per heavy atom. The van der Waals surface area contributed by atoms with E-state index in [0.29, 0.717) is 0 Å². The van der Waals surface area contributed by atoms with E-state index in [1.807, 2.05) is 61.5 Å². The van der Waals surface area contributed by atoms with Gasteiger partial charge in [-0.1, -0.05) is 61.5 Å². The summed E-state index contributed by atoms with van der Waals surface area (Å²) in [5.74, 6) is -0.914. The third kappa shape index (κ3) is 5.34. The molecule has 0 fully saturated rings. The standard InChI is InChI=1S/C25H27FN2O3S/c1-4-23(28(32(3,30)31)21-16-14-20(26)15-17-21)25(29)27-24(19-11-6-5-7-12-19)22-13-9-8-10-18(22)2/h5-17,23-24H,4H2,1-3H3,(H,27,29)/t23-,24+/m1/s1. The molecule has 5 nitrogen and oxygen atoms in total. The monoisotopic (exact) mass is 454 g/mol. The van der Waals surface area contributed by atoms with Crippen LogP contribution in [-0.4, -0.2) is 26.6 Å². The van der Waals surface area contributed by atoms with Gasteiger partial charge in [0.2, 0.25) is 15.9 Å². The zero-order chi connectivity index (χ0) is 23.3. The van der Waals surface area contributed by atoms with Crippen LogP contribution in [0.25, 0.3) is 0 Å². The lowest BCUT2D eigenvalue weighted by molar-refractivity contribution is -0.122. The maximum Gasteiger partial charge on any atom is 0.244 e. The second-order valence-electron chi connectivity index (χ2n) is 7.67. The lowest BCUT2D eigenvalue weighted by Crippen LogP contribution is -2.50. The third-order valence-corrected chi connectivity index (χ3v) is 6.51. The van der Waals surface area contributed by atoms with Crippen LogP contribution < -0.4 is 9.62 Å². The molecule has 7 heteroatoms. The molecule has 0 saturated carbocycles. The first-order chi connectivity index (χ1) is 15.2. The van der Waals surface area contributed by atoms with Gasteiger partial charge in [0.15, 0.2) is 0 Å². The van der Waals surface area contributed by atoms with E-state index in [1.165, 1.54) is 24.3 Å². The number of nitrogens with one attached hydrogen (secondary N) is 1. The van der Waals surface area contributed by atoms with Crippen molar-refractivity contribution in [2.45, 2.75) is 32.4 Å². The molecule has 0 spiro atoms. The van der Waals surface area contributed by atoms with Gasteiger partial charge in [0, 0.05) is 0 Å². The molecular formula is C25H27FN2O3S. The second kappa shape index (κ2) is 9.96. The Morgan fingerprint density at radius 3 is 2.12 bits per heavy atom. The molecule has 3 rings (SSSR count). The summed E-state index contributed by atoms with van der Waals surface area (Å²) in [4.78, 5) is 13.5. The zero-order valence-electron chi connectivity index (χ0n) is 18.3. The molecule has 0 saturated heterocycles. The summed E-state index contributed by atoms with van der Waals surface area (Å²) >= 11 is 0. The van der Waals surface area contributed by atoms with Gasteiger partial charge in [-0.25, -0.2) is 12.8 Å². The molecule has 0 radical (unpaired) electrons. The van der Waals surface area contributed by atoms with Crippen LogP contribution >= 0.6 is 0 Å². The molecule has 0 aromatic heterocycles. The van der Waals surface area contributed by atoms with Crippen molar-refractivity contribution < 1.29 is 17.6 Å². The average molecular weight is 455 g/mol. The highest BCUT2D eigenvalue weighted by atomic mass is 32.2. The fourth-order valence-electron chi connectivity index (χ4n) is 3.78. The van der Waals surface area contributed by atoms with Crippen molar-refractivity contribution in [2.75, 3.05) is 10.6 Å². The topological polar surface area (TPSA) is 66.5 Å². The van der Waals surface area contributed by atoms with Crippen molar-refractivity contribution in [3.05, 3.63) is 101 Å². The Hall–Kier alpha value is -3.19. The number of hydrogen-bond acceptors (Lipinski definition) is 3. The van der Waals surface area contributed by atoms with Crippen LogP contribution in [0.1, 0.15) is 36.1 Å². The molecule has 0 bridgehead atoms. The predicted molar refractivity (Wildman–Crippen MR) is 125 cm³/mol. The third-order valence-electron chi connectivity index (χ3n) is 5.33. The van der Waals surface area contributed by atoms with E-state index in [2.05, 4.69) is 5.32 Å². The van der Waals surface area contributed by atoms with E-state index in [4.69, 9.17) is 0 Å². The number of hydrogen-bond donors (Lipinski definition) is 1. The smallest absolute Gasteiger partial charge is 0.244 e. The van der Waals surface area contributed by atoms with Crippen molar-refractivity contribution in [3.63, 3.8) is 0 Å². The van der Waals surface area contributed by atoms with Gasteiger partial charge in [0.05, 0.1) is 18.0 Å². The number of benzene rings is 3. The first kappa shape index (κ1) is 23.5. The molecule has 2 atom stereocenters. The highest BCUT2D eigenvalue weighted by Crippen LogP contribution is 2.27. The van der Waals surface area contributed by atoms with E-state index in [-0.39, 0.29) is 12.1 Å². The van der Waals surface area contributed by atoms with Crippen molar-refractivity contribution in [2.24, 2.45) is 0 Å². The summed E-state index contributed by atoms with van der Waals surface area (Å²) in [5, 5.41) is 3.06. The molecule has 168 valence electrons. The first-order valence-electron chi connectivity index (χ1n) is 10.4. The molecule has 0 heterocycles. The number of carbonyl (C=O) groups is 1. The molecule has 1 amide bonds. The summed E-state index contributed by atoms with van der Waals surface area (Å²) in [5.41, 5.74) is 3.06. The highest BCUT2D eigenvalue weighted by Gasteiger charge is 2.33. The fourth-order valence-corrected chi connectivity index (χ4v) is 5.00. The van der Waals surface area contributed by atoms with Crippen LogP contribution in [0, 0.1) is 12.7 Å². The number of nitrogens with zero attached hydrogens (tertiary/aromatic N) is 1. The Bertz CT molecular complexity index is 1170. The molecule has 3 aromatic rings. The van der Waals surface area contributed by atoms with Crippen molar-refractivity contribution in [1.82, 2.24) is 5.32 Å². The number of anilines is 1. The van der Waals surface area contributed by atoms with Gasteiger partial charge in [-0.05, 0) is 54.3 Å². The Kier molecular flexibility index (Phi) is 7.30. The number of sulfonamides is 1. The number of amides is 1. The largest absolute Gasteiger partial charge is 0.343 e. The lowest BCUT2D eigenvalue weighted by Gasteiger charge is -2.32. The van der Waals surface area contributed by atoms with E-state index < -0.39 is 33.8 Å².